The van der Waals surface area contributed by atoms with Gasteiger partial charge in [0, 0.05) is 19.0 Å². The van der Waals surface area contributed by atoms with Crippen molar-refractivity contribution in [2.45, 2.75) is 50.6 Å². The van der Waals surface area contributed by atoms with Crippen LogP contribution in [-0.4, -0.2) is 36.5 Å². The highest BCUT2D eigenvalue weighted by Crippen LogP contribution is 2.23. The molecule has 2 amide bonds. The Labute approximate surface area is 102 Å². The van der Waals surface area contributed by atoms with Gasteiger partial charge in [-0.3, -0.25) is 9.59 Å². The molecule has 2 heterocycles. The number of carbonyl (C=O) groups is 2. The highest BCUT2D eigenvalue weighted by molar-refractivity contribution is 5.87. The third kappa shape index (κ3) is 2.60. The fourth-order valence-electron chi connectivity index (χ4n) is 2.64. The molecule has 17 heavy (non-hydrogen) atoms. The number of hydrogen-bond donors (Lipinski definition) is 3. The van der Waals surface area contributed by atoms with E-state index in [1.165, 1.54) is 0 Å². The Balaban J connectivity index is 1.89. The van der Waals surface area contributed by atoms with Crippen LogP contribution in [0.5, 0.6) is 0 Å². The van der Waals surface area contributed by atoms with Gasteiger partial charge in [-0.25, -0.2) is 0 Å². The largest absolute Gasteiger partial charge is 0.354 e. The summed E-state index contributed by atoms with van der Waals surface area (Å²) in [5, 5.41) is 9.16. The minimum Gasteiger partial charge on any atom is -0.354 e. The summed E-state index contributed by atoms with van der Waals surface area (Å²) < 4.78 is 0. The van der Waals surface area contributed by atoms with Crippen LogP contribution in [0.2, 0.25) is 0 Å². The highest BCUT2D eigenvalue weighted by Gasteiger charge is 2.39. The van der Waals surface area contributed by atoms with Crippen LogP contribution in [-0.2, 0) is 9.59 Å². The van der Waals surface area contributed by atoms with Crippen LogP contribution in [0.4, 0.5) is 0 Å². The number of rotatable bonds is 3. The average Bonchev–Trinajstić information content (AvgIpc) is 2.82. The molecule has 0 aromatic rings. The second kappa shape index (κ2) is 5.04. The van der Waals surface area contributed by atoms with Crippen LogP contribution < -0.4 is 16.0 Å². The van der Waals surface area contributed by atoms with Crippen molar-refractivity contribution in [1.29, 1.82) is 0 Å². The van der Waals surface area contributed by atoms with E-state index in [4.69, 9.17) is 0 Å². The van der Waals surface area contributed by atoms with Crippen molar-refractivity contribution >= 4 is 11.8 Å². The maximum absolute atomic E-state index is 12.3. The van der Waals surface area contributed by atoms with Gasteiger partial charge in [0.05, 0.1) is 5.54 Å². The molecule has 3 N–H and O–H groups in total. The molecule has 2 aliphatic rings. The lowest BCUT2D eigenvalue weighted by atomic mass is 9.92. The molecule has 0 radical (unpaired) electrons. The third-order valence-corrected chi connectivity index (χ3v) is 3.88. The normalized spacial score (nSPS) is 33.2. The molecular weight excluding hydrogens is 218 g/mol. The molecule has 2 saturated heterocycles. The molecule has 2 unspecified atom stereocenters. The first-order valence-electron chi connectivity index (χ1n) is 6.49. The van der Waals surface area contributed by atoms with Gasteiger partial charge in [-0.05, 0) is 32.2 Å². The van der Waals surface area contributed by atoms with E-state index in [0.717, 1.165) is 32.2 Å². The molecule has 0 aromatic heterocycles. The monoisotopic (exact) mass is 239 g/mol. The summed E-state index contributed by atoms with van der Waals surface area (Å²) in [7, 11) is 0. The molecule has 0 saturated carbocycles. The first-order chi connectivity index (χ1) is 8.16. The predicted molar refractivity (Wildman–Crippen MR) is 64.4 cm³/mol. The van der Waals surface area contributed by atoms with E-state index < -0.39 is 0 Å². The van der Waals surface area contributed by atoms with Crippen LogP contribution >= 0.6 is 0 Å². The summed E-state index contributed by atoms with van der Waals surface area (Å²) in [6, 6.07) is 0.0889. The summed E-state index contributed by atoms with van der Waals surface area (Å²) >= 11 is 0. The summed E-state index contributed by atoms with van der Waals surface area (Å²) in [5.41, 5.74) is -0.374. The Kier molecular flexibility index (Phi) is 3.66. The van der Waals surface area contributed by atoms with Crippen LogP contribution in [0.1, 0.15) is 39.0 Å². The Bertz CT molecular complexity index is 301. The van der Waals surface area contributed by atoms with Gasteiger partial charge >= 0.3 is 0 Å². The smallest absolute Gasteiger partial charge is 0.240 e. The summed E-state index contributed by atoms with van der Waals surface area (Å²) in [6.07, 6.45) is 4.05. The molecule has 2 rings (SSSR count). The number of nitrogens with one attached hydrogen (secondary N) is 3. The van der Waals surface area contributed by atoms with Crippen molar-refractivity contribution in [2.24, 2.45) is 0 Å². The summed E-state index contributed by atoms with van der Waals surface area (Å²) in [5.74, 6) is 0.179. The molecule has 2 atom stereocenters. The molecule has 5 nitrogen and oxygen atoms in total. The molecular formula is C12H21N3O2. The van der Waals surface area contributed by atoms with E-state index in [1.54, 1.807) is 0 Å². The van der Waals surface area contributed by atoms with Gasteiger partial charge < -0.3 is 16.0 Å². The van der Waals surface area contributed by atoms with Crippen molar-refractivity contribution in [2.75, 3.05) is 13.1 Å². The van der Waals surface area contributed by atoms with Gasteiger partial charge in [-0.15, -0.1) is 0 Å². The van der Waals surface area contributed by atoms with E-state index in [1.807, 2.05) is 6.92 Å². The average molecular weight is 239 g/mol. The van der Waals surface area contributed by atoms with Gasteiger partial charge in [0.1, 0.15) is 0 Å². The van der Waals surface area contributed by atoms with E-state index in [-0.39, 0.29) is 23.4 Å². The molecule has 2 fully saturated rings. The van der Waals surface area contributed by atoms with Gasteiger partial charge in [0.2, 0.25) is 11.8 Å². The van der Waals surface area contributed by atoms with Crippen molar-refractivity contribution in [3.05, 3.63) is 0 Å². The molecule has 0 aromatic carbocycles. The van der Waals surface area contributed by atoms with E-state index in [0.29, 0.717) is 13.0 Å². The van der Waals surface area contributed by atoms with Gasteiger partial charge in [-0.1, -0.05) is 6.92 Å². The zero-order chi connectivity index (χ0) is 12.3. The Morgan fingerprint density at radius 1 is 1.59 bits per heavy atom. The van der Waals surface area contributed by atoms with Crippen molar-refractivity contribution in [1.82, 2.24) is 16.0 Å². The summed E-state index contributed by atoms with van der Waals surface area (Å²) in [4.78, 5) is 23.3. The fourth-order valence-corrected chi connectivity index (χ4v) is 2.64. The number of piperidine rings is 1. The number of carbonyl (C=O) groups excluding carboxylic acids is 2. The fraction of sp³-hybridized carbons (Fsp3) is 0.833. The minimum absolute atomic E-state index is 0.0831. The van der Waals surface area contributed by atoms with E-state index >= 15 is 0 Å². The molecule has 5 heteroatoms. The quantitative estimate of drug-likeness (QED) is 0.645. The maximum Gasteiger partial charge on any atom is 0.240 e. The van der Waals surface area contributed by atoms with Gasteiger partial charge in [0.15, 0.2) is 0 Å². The Morgan fingerprint density at radius 2 is 2.41 bits per heavy atom. The van der Waals surface area contributed by atoms with Gasteiger partial charge in [0.25, 0.3) is 0 Å². The molecule has 0 bridgehead atoms. The lowest BCUT2D eigenvalue weighted by molar-refractivity contribution is -0.129. The van der Waals surface area contributed by atoms with E-state index in [9.17, 15) is 9.59 Å². The van der Waals surface area contributed by atoms with Crippen molar-refractivity contribution in [3.8, 4) is 0 Å². The molecule has 2 aliphatic heterocycles. The minimum atomic E-state index is -0.374. The molecule has 0 spiro atoms. The second-order valence-electron chi connectivity index (χ2n) is 4.98. The molecule has 96 valence electrons. The predicted octanol–water partition coefficient (Wildman–Crippen LogP) is -0.0866. The van der Waals surface area contributed by atoms with Crippen molar-refractivity contribution < 1.29 is 9.59 Å². The first-order valence-corrected chi connectivity index (χ1v) is 6.49. The first kappa shape index (κ1) is 12.4. The van der Waals surface area contributed by atoms with Crippen molar-refractivity contribution in [3.63, 3.8) is 0 Å². The lowest BCUT2D eigenvalue weighted by Crippen LogP contribution is -2.58. The summed E-state index contributed by atoms with van der Waals surface area (Å²) in [6.45, 7) is 3.52. The van der Waals surface area contributed by atoms with Crippen LogP contribution in [0, 0.1) is 0 Å². The zero-order valence-electron chi connectivity index (χ0n) is 10.3. The zero-order valence-corrected chi connectivity index (χ0v) is 10.3. The van der Waals surface area contributed by atoms with Gasteiger partial charge in [-0.2, -0.15) is 0 Å². The Morgan fingerprint density at radius 3 is 2.94 bits per heavy atom. The third-order valence-electron chi connectivity index (χ3n) is 3.88. The van der Waals surface area contributed by atoms with Crippen LogP contribution in [0.25, 0.3) is 0 Å². The number of amides is 2. The topological polar surface area (TPSA) is 70.2 Å². The Hall–Kier alpha value is -1.10. The molecule has 0 aliphatic carbocycles. The standard InChI is InChI=1S/C12H21N3O2/c1-2-12(6-3-7-14-12)11(17)15-9-4-5-10(16)13-8-9/h9,14H,2-8H2,1H3,(H,13,16)(H,15,17). The number of hydrogen-bond acceptors (Lipinski definition) is 3. The highest BCUT2D eigenvalue weighted by atomic mass is 16.2. The van der Waals surface area contributed by atoms with Crippen LogP contribution in [0.3, 0.4) is 0 Å². The SMILES string of the molecule is CCC1(C(=O)NC2CCC(=O)NC2)CCCN1. The lowest BCUT2D eigenvalue weighted by Gasteiger charge is -2.31. The second-order valence-corrected chi connectivity index (χ2v) is 4.98. The maximum atomic E-state index is 12.3. The van der Waals surface area contributed by atoms with E-state index in [2.05, 4.69) is 16.0 Å². The van der Waals surface area contributed by atoms with Crippen LogP contribution in [0.15, 0.2) is 0 Å².